The molecule has 0 N–H and O–H groups in total. The normalized spacial score (nSPS) is 14.6. The summed E-state index contributed by atoms with van der Waals surface area (Å²) in [5.74, 6) is 0.809. The number of carbonyl (C=O) groups excluding carboxylic acids is 1. The number of nitrogens with zero attached hydrogens (tertiary/aromatic N) is 3. The molecule has 0 saturated heterocycles. The Hall–Kier alpha value is -2.66. The van der Waals surface area contributed by atoms with E-state index in [1.165, 1.54) is 40.9 Å². The van der Waals surface area contributed by atoms with Gasteiger partial charge in [-0.05, 0) is 68.7 Å². The van der Waals surface area contributed by atoms with Gasteiger partial charge < -0.3 is 0 Å². The standard InChI is InChI=1S/C24H23N3OS/c1-15(28)24(2,3)29-23-26-22-21(9-6-14-25-22)27(23)20-13-12-17(16-10-11-16)18-7-4-5-8-19(18)20/h4-9,12-14,16H,10-11H2,1-3H3. The molecular formula is C24H23N3OS. The van der Waals surface area contributed by atoms with Gasteiger partial charge in [-0.25, -0.2) is 9.97 Å². The number of Topliss-reactive ketones (excluding diaryl/α,β-unsaturated/α-hetero) is 1. The molecule has 0 atom stereocenters. The third-order valence-corrected chi connectivity index (χ3v) is 7.04. The maximum Gasteiger partial charge on any atom is 0.179 e. The lowest BCUT2D eigenvalue weighted by Crippen LogP contribution is -2.25. The molecule has 5 heteroatoms. The first kappa shape index (κ1) is 18.4. The average Bonchev–Trinajstić information content (AvgIpc) is 3.48. The fraction of sp³-hybridized carbons (Fsp3) is 0.292. The van der Waals surface area contributed by atoms with E-state index in [1.54, 1.807) is 13.1 Å². The number of imidazole rings is 1. The summed E-state index contributed by atoms with van der Waals surface area (Å²) in [6, 6.07) is 17.1. The first-order valence-corrected chi connectivity index (χ1v) is 10.8. The second-order valence-electron chi connectivity index (χ2n) is 8.24. The number of carbonyl (C=O) groups is 1. The third-order valence-electron chi connectivity index (χ3n) is 5.79. The molecule has 0 radical (unpaired) electrons. The molecule has 146 valence electrons. The predicted octanol–water partition coefficient (Wildman–Crippen LogP) is 5.91. The first-order valence-electron chi connectivity index (χ1n) is 10.0. The molecule has 0 bridgehead atoms. The van der Waals surface area contributed by atoms with Gasteiger partial charge in [0.1, 0.15) is 5.78 Å². The number of hydrogen-bond acceptors (Lipinski definition) is 4. The minimum Gasteiger partial charge on any atom is -0.298 e. The maximum atomic E-state index is 12.2. The van der Waals surface area contributed by atoms with Crippen molar-refractivity contribution in [1.82, 2.24) is 14.5 Å². The molecule has 0 amide bonds. The zero-order valence-electron chi connectivity index (χ0n) is 16.8. The lowest BCUT2D eigenvalue weighted by atomic mass is 9.99. The Labute approximate surface area is 174 Å². The molecule has 2 heterocycles. The van der Waals surface area contributed by atoms with Gasteiger partial charge in [0.15, 0.2) is 10.8 Å². The second kappa shape index (κ2) is 6.70. The molecule has 1 aliphatic rings. The molecule has 4 nitrogen and oxygen atoms in total. The minimum absolute atomic E-state index is 0.128. The summed E-state index contributed by atoms with van der Waals surface area (Å²) in [6.45, 7) is 5.54. The summed E-state index contributed by atoms with van der Waals surface area (Å²) in [6.07, 6.45) is 4.31. The van der Waals surface area contributed by atoms with Crippen molar-refractivity contribution >= 4 is 39.5 Å². The Balaban J connectivity index is 1.78. The summed E-state index contributed by atoms with van der Waals surface area (Å²) in [5, 5.41) is 3.31. The van der Waals surface area contributed by atoms with E-state index in [0.717, 1.165) is 16.4 Å². The van der Waals surface area contributed by atoms with Crippen LogP contribution in [0, 0.1) is 0 Å². The number of pyridine rings is 1. The van der Waals surface area contributed by atoms with E-state index in [4.69, 9.17) is 4.98 Å². The molecule has 1 saturated carbocycles. The van der Waals surface area contributed by atoms with Gasteiger partial charge in [0, 0.05) is 11.6 Å². The van der Waals surface area contributed by atoms with E-state index < -0.39 is 4.75 Å². The van der Waals surface area contributed by atoms with Gasteiger partial charge in [-0.15, -0.1) is 0 Å². The summed E-state index contributed by atoms with van der Waals surface area (Å²) in [7, 11) is 0. The summed E-state index contributed by atoms with van der Waals surface area (Å²) in [4.78, 5) is 21.5. The number of benzene rings is 2. The van der Waals surface area contributed by atoms with Crippen molar-refractivity contribution in [1.29, 1.82) is 0 Å². The maximum absolute atomic E-state index is 12.2. The van der Waals surface area contributed by atoms with Gasteiger partial charge in [-0.1, -0.05) is 42.1 Å². The number of rotatable bonds is 5. The molecule has 4 aromatic rings. The highest BCUT2D eigenvalue weighted by molar-refractivity contribution is 8.01. The summed E-state index contributed by atoms with van der Waals surface area (Å²) in [5.41, 5.74) is 4.18. The van der Waals surface area contributed by atoms with Crippen molar-refractivity contribution in [2.24, 2.45) is 0 Å². The Morgan fingerprint density at radius 3 is 2.55 bits per heavy atom. The lowest BCUT2D eigenvalue weighted by molar-refractivity contribution is -0.118. The zero-order chi connectivity index (χ0) is 20.2. The van der Waals surface area contributed by atoms with E-state index in [9.17, 15) is 4.79 Å². The Bertz CT molecular complexity index is 1250. The molecule has 1 fully saturated rings. The van der Waals surface area contributed by atoms with Crippen molar-refractivity contribution in [3.63, 3.8) is 0 Å². The Morgan fingerprint density at radius 2 is 1.83 bits per heavy atom. The summed E-state index contributed by atoms with van der Waals surface area (Å²) >= 11 is 1.49. The van der Waals surface area contributed by atoms with Crippen molar-refractivity contribution in [2.75, 3.05) is 0 Å². The van der Waals surface area contributed by atoms with Crippen LogP contribution in [-0.2, 0) is 4.79 Å². The zero-order valence-corrected chi connectivity index (χ0v) is 17.7. The SMILES string of the molecule is CC(=O)C(C)(C)Sc1nc2ncccc2n1-c1ccc(C2CC2)c2ccccc12. The van der Waals surface area contributed by atoms with Crippen LogP contribution in [0.15, 0.2) is 59.9 Å². The van der Waals surface area contributed by atoms with Crippen LogP contribution in [0.3, 0.4) is 0 Å². The molecule has 2 aromatic heterocycles. The van der Waals surface area contributed by atoms with Gasteiger partial charge in [0.2, 0.25) is 0 Å². The second-order valence-corrected chi connectivity index (χ2v) is 9.83. The highest BCUT2D eigenvalue weighted by Crippen LogP contribution is 2.45. The molecule has 0 aliphatic heterocycles. The van der Waals surface area contributed by atoms with Gasteiger partial charge in [-0.3, -0.25) is 9.36 Å². The van der Waals surface area contributed by atoms with Gasteiger partial charge in [0.25, 0.3) is 0 Å². The quantitative estimate of drug-likeness (QED) is 0.390. The Morgan fingerprint density at radius 1 is 1.07 bits per heavy atom. The number of hydrogen-bond donors (Lipinski definition) is 0. The van der Waals surface area contributed by atoms with Gasteiger partial charge in [-0.2, -0.15) is 0 Å². The van der Waals surface area contributed by atoms with Crippen LogP contribution in [0.1, 0.15) is 45.1 Å². The average molecular weight is 402 g/mol. The van der Waals surface area contributed by atoms with Gasteiger partial charge in [0.05, 0.1) is 16.0 Å². The molecular weight excluding hydrogens is 378 g/mol. The number of aromatic nitrogens is 3. The topological polar surface area (TPSA) is 47.8 Å². The molecule has 29 heavy (non-hydrogen) atoms. The highest BCUT2D eigenvalue weighted by atomic mass is 32.2. The molecule has 2 aromatic carbocycles. The molecule has 1 aliphatic carbocycles. The van der Waals surface area contributed by atoms with Gasteiger partial charge >= 0.3 is 0 Å². The van der Waals surface area contributed by atoms with Crippen LogP contribution in [0.5, 0.6) is 0 Å². The van der Waals surface area contributed by atoms with Crippen LogP contribution in [0.4, 0.5) is 0 Å². The van der Waals surface area contributed by atoms with E-state index in [2.05, 4.69) is 45.9 Å². The molecule has 0 spiro atoms. The van der Waals surface area contributed by atoms with E-state index in [-0.39, 0.29) is 5.78 Å². The highest BCUT2D eigenvalue weighted by Gasteiger charge is 2.30. The number of thioether (sulfide) groups is 1. The number of ketones is 1. The largest absolute Gasteiger partial charge is 0.298 e. The third kappa shape index (κ3) is 3.14. The van der Waals surface area contributed by atoms with Crippen molar-refractivity contribution < 1.29 is 4.79 Å². The van der Waals surface area contributed by atoms with Crippen LogP contribution < -0.4 is 0 Å². The Kier molecular flexibility index (Phi) is 4.24. The lowest BCUT2D eigenvalue weighted by Gasteiger charge is -2.21. The first-order chi connectivity index (χ1) is 14.0. The van der Waals surface area contributed by atoms with Crippen LogP contribution in [0.25, 0.3) is 27.6 Å². The van der Waals surface area contributed by atoms with Crippen LogP contribution in [0.2, 0.25) is 0 Å². The van der Waals surface area contributed by atoms with Crippen molar-refractivity contribution in [2.45, 2.75) is 49.4 Å². The summed E-state index contributed by atoms with van der Waals surface area (Å²) < 4.78 is 1.60. The predicted molar refractivity (Wildman–Crippen MR) is 119 cm³/mol. The van der Waals surface area contributed by atoms with Crippen LogP contribution in [-0.4, -0.2) is 25.1 Å². The van der Waals surface area contributed by atoms with Crippen molar-refractivity contribution in [3.05, 3.63) is 60.3 Å². The smallest absolute Gasteiger partial charge is 0.179 e. The monoisotopic (exact) mass is 401 g/mol. The fourth-order valence-electron chi connectivity index (χ4n) is 3.75. The van der Waals surface area contributed by atoms with E-state index in [0.29, 0.717) is 11.6 Å². The van der Waals surface area contributed by atoms with Crippen molar-refractivity contribution in [3.8, 4) is 5.69 Å². The van der Waals surface area contributed by atoms with Crippen LogP contribution >= 0.6 is 11.8 Å². The fourth-order valence-corrected chi connectivity index (χ4v) is 4.77. The molecule has 5 rings (SSSR count). The van der Waals surface area contributed by atoms with E-state index in [1.807, 2.05) is 26.0 Å². The minimum atomic E-state index is -0.567. The number of fused-ring (bicyclic) bond motifs is 2. The van der Waals surface area contributed by atoms with E-state index >= 15 is 0 Å². The molecule has 0 unspecified atom stereocenters.